The van der Waals surface area contributed by atoms with Crippen LogP contribution in [0.2, 0.25) is 0 Å². The monoisotopic (exact) mass is 278 g/mol. The molecule has 0 spiro atoms. The van der Waals surface area contributed by atoms with E-state index < -0.39 is 10.0 Å². The van der Waals surface area contributed by atoms with Gasteiger partial charge in [0.25, 0.3) is 10.0 Å². The molecule has 0 saturated carbocycles. The van der Waals surface area contributed by atoms with Crippen molar-refractivity contribution in [2.45, 2.75) is 4.90 Å². The zero-order valence-corrected chi connectivity index (χ0v) is 11.4. The lowest BCUT2D eigenvalue weighted by atomic mass is 10.4. The maximum atomic E-state index is 12.1. The predicted molar refractivity (Wildman–Crippen MR) is 73.6 cm³/mol. The lowest BCUT2D eigenvalue weighted by molar-refractivity contribution is 0.601. The number of anilines is 2. The summed E-state index contributed by atoms with van der Waals surface area (Å²) in [5.74, 6) is 0.864. The first-order chi connectivity index (χ1) is 8.99. The quantitative estimate of drug-likeness (QED) is 0.913. The van der Waals surface area contributed by atoms with E-state index in [-0.39, 0.29) is 10.7 Å². The van der Waals surface area contributed by atoms with Crippen molar-refractivity contribution >= 4 is 21.7 Å². The van der Waals surface area contributed by atoms with Gasteiger partial charge in [0, 0.05) is 20.2 Å². The van der Waals surface area contributed by atoms with Gasteiger partial charge in [-0.25, -0.2) is 18.4 Å². The van der Waals surface area contributed by atoms with Crippen molar-refractivity contribution in [3.8, 4) is 0 Å². The molecule has 0 aliphatic heterocycles. The van der Waals surface area contributed by atoms with Crippen molar-refractivity contribution in [3.05, 3.63) is 42.7 Å². The summed E-state index contributed by atoms with van der Waals surface area (Å²) in [6, 6.07) is 9.71. The molecule has 0 amide bonds. The third-order valence-corrected chi connectivity index (χ3v) is 3.77. The Hall–Kier alpha value is -2.15. The lowest BCUT2D eigenvalue weighted by Gasteiger charge is -2.12. The number of rotatable bonds is 4. The van der Waals surface area contributed by atoms with Crippen molar-refractivity contribution in [1.29, 1.82) is 0 Å². The topological polar surface area (TPSA) is 75.2 Å². The Kier molecular flexibility index (Phi) is 3.66. The largest absolute Gasteiger partial charge is 0.363 e. The van der Waals surface area contributed by atoms with E-state index in [4.69, 9.17) is 0 Å². The standard InChI is InChI=1S/C12H14N4O2S/c1-16(2)12-8-11(13-9-14-12)15-19(17,18)10-6-4-3-5-7-10/h3-9H,1-2H3,(H,13,14,15). The van der Waals surface area contributed by atoms with Gasteiger partial charge >= 0.3 is 0 Å². The van der Waals surface area contributed by atoms with Crippen LogP contribution in [-0.4, -0.2) is 32.5 Å². The van der Waals surface area contributed by atoms with Crippen molar-refractivity contribution in [2.24, 2.45) is 0 Å². The number of hydrogen-bond donors (Lipinski definition) is 1. The summed E-state index contributed by atoms with van der Waals surface area (Å²) in [4.78, 5) is 9.89. The van der Waals surface area contributed by atoms with Crippen LogP contribution in [-0.2, 0) is 10.0 Å². The average Bonchev–Trinajstić information content (AvgIpc) is 2.39. The first-order valence-electron chi connectivity index (χ1n) is 5.56. The highest BCUT2D eigenvalue weighted by molar-refractivity contribution is 7.92. The normalized spacial score (nSPS) is 11.1. The molecule has 7 heteroatoms. The number of hydrogen-bond acceptors (Lipinski definition) is 5. The van der Waals surface area contributed by atoms with Crippen LogP contribution in [0.4, 0.5) is 11.6 Å². The number of nitrogens with zero attached hydrogens (tertiary/aromatic N) is 3. The van der Waals surface area contributed by atoms with Gasteiger partial charge in [0.2, 0.25) is 0 Å². The molecule has 19 heavy (non-hydrogen) atoms. The summed E-state index contributed by atoms with van der Waals surface area (Å²) in [7, 11) is 0.0200. The van der Waals surface area contributed by atoms with Gasteiger partial charge in [0.05, 0.1) is 4.90 Å². The molecule has 1 aromatic carbocycles. The molecule has 1 N–H and O–H groups in total. The Morgan fingerprint density at radius 3 is 2.42 bits per heavy atom. The number of sulfonamides is 1. The highest BCUT2D eigenvalue weighted by Gasteiger charge is 2.14. The molecular weight excluding hydrogens is 264 g/mol. The smallest absolute Gasteiger partial charge is 0.263 e. The Bertz CT molecular complexity index is 656. The third-order valence-electron chi connectivity index (χ3n) is 2.40. The molecule has 0 unspecified atom stereocenters. The summed E-state index contributed by atoms with van der Waals surface area (Å²) in [5, 5.41) is 0. The van der Waals surface area contributed by atoms with Gasteiger partial charge in [-0.15, -0.1) is 0 Å². The molecule has 0 saturated heterocycles. The highest BCUT2D eigenvalue weighted by Crippen LogP contribution is 2.16. The molecule has 2 aromatic rings. The Labute approximate surface area is 112 Å². The molecule has 1 heterocycles. The van der Waals surface area contributed by atoms with E-state index in [1.807, 2.05) is 14.1 Å². The molecule has 2 rings (SSSR count). The highest BCUT2D eigenvalue weighted by atomic mass is 32.2. The fraction of sp³-hybridized carbons (Fsp3) is 0.167. The maximum Gasteiger partial charge on any atom is 0.263 e. The van der Waals surface area contributed by atoms with Crippen molar-refractivity contribution in [3.63, 3.8) is 0 Å². The van der Waals surface area contributed by atoms with Crippen LogP contribution >= 0.6 is 0 Å². The van der Waals surface area contributed by atoms with E-state index >= 15 is 0 Å². The summed E-state index contributed by atoms with van der Waals surface area (Å²) in [6.07, 6.45) is 1.32. The summed E-state index contributed by atoms with van der Waals surface area (Å²) >= 11 is 0. The molecule has 0 atom stereocenters. The van der Waals surface area contributed by atoms with Gasteiger partial charge in [-0.05, 0) is 12.1 Å². The number of nitrogens with one attached hydrogen (secondary N) is 1. The molecule has 1 aromatic heterocycles. The van der Waals surface area contributed by atoms with Gasteiger partial charge in [-0.1, -0.05) is 18.2 Å². The molecule has 100 valence electrons. The summed E-state index contributed by atoms with van der Waals surface area (Å²) in [5.41, 5.74) is 0. The maximum absolute atomic E-state index is 12.1. The SMILES string of the molecule is CN(C)c1cc(NS(=O)(=O)c2ccccc2)ncn1. The molecule has 6 nitrogen and oxygen atoms in total. The summed E-state index contributed by atoms with van der Waals surface area (Å²) < 4.78 is 26.6. The van der Waals surface area contributed by atoms with Crippen LogP contribution in [0.3, 0.4) is 0 Å². The van der Waals surface area contributed by atoms with Crippen molar-refractivity contribution < 1.29 is 8.42 Å². The van der Waals surface area contributed by atoms with Gasteiger partial charge in [-0.2, -0.15) is 0 Å². The molecular formula is C12H14N4O2S. The van der Waals surface area contributed by atoms with E-state index in [9.17, 15) is 8.42 Å². The fourth-order valence-electron chi connectivity index (χ4n) is 1.44. The minimum absolute atomic E-state index is 0.194. The van der Waals surface area contributed by atoms with E-state index in [0.717, 1.165) is 0 Å². The van der Waals surface area contributed by atoms with Gasteiger partial charge in [0.1, 0.15) is 18.0 Å². The molecule has 0 aliphatic rings. The van der Waals surface area contributed by atoms with Gasteiger partial charge in [-0.3, -0.25) is 4.72 Å². The van der Waals surface area contributed by atoms with Crippen LogP contribution in [0.25, 0.3) is 0 Å². The average molecular weight is 278 g/mol. The number of aromatic nitrogens is 2. The fourth-order valence-corrected chi connectivity index (χ4v) is 2.46. The van der Waals surface area contributed by atoms with Gasteiger partial charge in [0.15, 0.2) is 0 Å². The molecule has 0 radical (unpaired) electrons. The second-order valence-electron chi connectivity index (χ2n) is 4.07. The minimum Gasteiger partial charge on any atom is -0.363 e. The third kappa shape index (κ3) is 3.19. The van der Waals surface area contributed by atoms with Crippen LogP contribution in [0.15, 0.2) is 47.6 Å². The van der Waals surface area contributed by atoms with E-state index in [1.165, 1.54) is 18.5 Å². The van der Waals surface area contributed by atoms with Crippen LogP contribution in [0, 0.1) is 0 Å². The first kappa shape index (κ1) is 13.3. The molecule has 0 bridgehead atoms. The van der Waals surface area contributed by atoms with Crippen LogP contribution in [0.1, 0.15) is 0 Å². The Balaban J connectivity index is 2.29. The van der Waals surface area contributed by atoms with Crippen molar-refractivity contribution in [2.75, 3.05) is 23.7 Å². The van der Waals surface area contributed by atoms with E-state index in [1.54, 1.807) is 29.2 Å². The predicted octanol–water partition coefficient (Wildman–Crippen LogP) is 1.34. The Morgan fingerprint density at radius 2 is 1.79 bits per heavy atom. The number of benzene rings is 1. The first-order valence-corrected chi connectivity index (χ1v) is 7.04. The second-order valence-corrected chi connectivity index (χ2v) is 5.76. The zero-order valence-electron chi connectivity index (χ0n) is 10.6. The second kappa shape index (κ2) is 5.23. The Morgan fingerprint density at radius 1 is 1.11 bits per heavy atom. The summed E-state index contributed by atoms with van der Waals surface area (Å²) in [6.45, 7) is 0. The van der Waals surface area contributed by atoms with Crippen LogP contribution in [0.5, 0.6) is 0 Å². The molecule has 0 fully saturated rings. The zero-order chi connectivity index (χ0) is 13.9. The van der Waals surface area contributed by atoms with Crippen molar-refractivity contribution in [1.82, 2.24) is 9.97 Å². The van der Waals surface area contributed by atoms with E-state index in [0.29, 0.717) is 5.82 Å². The lowest BCUT2D eigenvalue weighted by Crippen LogP contribution is -2.16. The minimum atomic E-state index is -3.61. The van der Waals surface area contributed by atoms with Crippen LogP contribution < -0.4 is 9.62 Å². The molecule has 0 aliphatic carbocycles. The van der Waals surface area contributed by atoms with Gasteiger partial charge < -0.3 is 4.90 Å². The van der Waals surface area contributed by atoms with E-state index in [2.05, 4.69) is 14.7 Å².